The molecule has 9 nitrogen and oxygen atoms in total. The number of ether oxygens (including phenoxy) is 2. The maximum atomic E-state index is 12.8. The minimum Gasteiger partial charge on any atom is -0.492 e. The van der Waals surface area contributed by atoms with Crippen molar-refractivity contribution < 1.29 is 19.1 Å². The fourth-order valence-electron chi connectivity index (χ4n) is 3.01. The van der Waals surface area contributed by atoms with Crippen molar-refractivity contribution in [1.29, 1.82) is 0 Å². The minimum atomic E-state index is -0.651. The fraction of sp³-hybridized carbons (Fsp3) is 0.333. The number of rotatable bonds is 9. The Hall–Kier alpha value is -3.88. The van der Waals surface area contributed by atoms with Gasteiger partial charge in [0.2, 0.25) is 0 Å². The van der Waals surface area contributed by atoms with Gasteiger partial charge < -0.3 is 14.4 Å². The Bertz CT molecular complexity index is 1110. The first-order valence-corrected chi connectivity index (χ1v) is 10.6. The summed E-state index contributed by atoms with van der Waals surface area (Å²) in [5, 5.41) is 4.16. The van der Waals surface area contributed by atoms with E-state index in [1.165, 1.54) is 20.5 Å². The van der Waals surface area contributed by atoms with Crippen molar-refractivity contribution >= 4 is 12.4 Å². The number of aromatic nitrogens is 3. The van der Waals surface area contributed by atoms with Crippen molar-refractivity contribution in [3.8, 4) is 11.4 Å². The van der Waals surface area contributed by atoms with E-state index < -0.39 is 11.7 Å². The fourth-order valence-corrected chi connectivity index (χ4v) is 3.01. The zero-order valence-electron chi connectivity index (χ0n) is 19.0. The molecule has 0 radical (unpaired) electrons. The molecule has 0 spiro atoms. The van der Waals surface area contributed by atoms with Gasteiger partial charge in [0, 0.05) is 12.1 Å². The molecule has 2 aromatic carbocycles. The summed E-state index contributed by atoms with van der Waals surface area (Å²) in [5.41, 5.74) is 0.113. The number of amides is 1. The predicted octanol–water partition coefficient (Wildman–Crippen LogP) is 3.16. The van der Waals surface area contributed by atoms with Crippen LogP contribution in [0, 0.1) is 0 Å². The van der Waals surface area contributed by atoms with E-state index in [0.717, 1.165) is 6.29 Å². The average Bonchev–Trinajstić information content (AvgIpc) is 3.15. The second-order valence-electron chi connectivity index (χ2n) is 8.34. The van der Waals surface area contributed by atoms with Crippen LogP contribution < -0.4 is 10.4 Å². The number of hydrogen-bond donors (Lipinski definition) is 0. The van der Waals surface area contributed by atoms with Crippen molar-refractivity contribution in [2.24, 2.45) is 0 Å². The van der Waals surface area contributed by atoms with Gasteiger partial charge in [-0.2, -0.15) is 5.10 Å². The molecule has 0 saturated heterocycles. The molecule has 1 amide bonds. The van der Waals surface area contributed by atoms with Gasteiger partial charge in [0.05, 0.1) is 18.8 Å². The van der Waals surface area contributed by atoms with E-state index in [4.69, 9.17) is 9.47 Å². The Morgan fingerprint density at radius 2 is 1.76 bits per heavy atom. The normalized spacial score (nSPS) is 11.1. The monoisotopic (exact) mass is 452 g/mol. The summed E-state index contributed by atoms with van der Waals surface area (Å²) in [5.74, 6) is 0.706. The zero-order valence-corrected chi connectivity index (χ0v) is 19.0. The summed E-state index contributed by atoms with van der Waals surface area (Å²) in [6.45, 7) is 6.35. The van der Waals surface area contributed by atoms with Crippen molar-refractivity contribution in [3.63, 3.8) is 0 Å². The number of benzene rings is 2. The SMILES string of the molecule is CC(C)(C)OC(=O)N(CCOc1ccccc1)CCn1ncn(-c2ccc(C=O)cc2)c1=O. The standard InChI is InChI=1S/C24H28N4O5/c1-24(2,3)33-23(31)26(15-16-32-21-7-5-4-6-8-21)13-14-28-22(30)27(18-25-28)20-11-9-19(17-29)10-12-20/h4-12,17-18H,13-16H2,1-3H3. The molecule has 9 heteroatoms. The van der Waals surface area contributed by atoms with Crippen LogP contribution >= 0.6 is 0 Å². The van der Waals surface area contributed by atoms with E-state index in [1.54, 1.807) is 45.0 Å². The molecule has 3 aromatic rings. The summed E-state index contributed by atoms with van der Waals surface area (Å²) in [6, 6.07) is 15.9. The van der Waals surface area contributed by atoms with Gasteiger partial charge in [-0.3, -0.25) is 4.79 Å². The number of para-hydroxylation sites is 1. The molecule has 0 aliphatic rings. The highest BCUT2D eigenvalue weighted by molar-refractivity contribution is 5.75. The molecular formula is C24H28N4O5. The largest absolute Gasteiger partial charge is 0.492 e. The van der Waals surface area contributed by atoms with E-state index in [9.17, 15) is 14.4 Å². The lowest BCUT2D eigenvalue weighted by Gasteiger charge is -2.27. The number of carbonyl (C=O) groups is 2. The molecule has 0 bridgehead atoms. The van der Waals surface area contributed by atoms with Gasteiger partial charge in [-0.05, 0) is 57.2 Å². The Morgan fingerprint density at radius 3 is 2.39 bits per heavy atom. The molecule has 0 fully saturated rings. The van der Waals surface area contributed by atoms with Crippen LogP contribution in [0.5, 0.6) is 5.75 Å². The minimum absolute atomic E-state index is 0.183. The van der Waals surface area contributed by atoms with Gasteiger partial charge in [0.25, 0.3) is 0 Å². The van der Waals surface area contributed by atoms with Crippen molar-refractivity contribution in [2.45, 2.75) is 32.9 Å². The van der Waals surface area contributed by atoms with E-state index in [2.05, 4.69) is 5.10 Å². The molecule has 0 aliphatic heterocycles. The molecule has 0 atom stereocenters. The first kappa shape index (κ1) is 23.8. The van der Waals surface area contributed by atoms with Crippen LogP contribution in [-0.2, 0) is 11.3 Å². The molecule has 3 rings (SSSR count). The summed E-state index contributed by atoms with van der Waals surface area (Å²) in [7, 11) is 0. The smallest absolute Gasteiger partial charge is 0.410 e. The van der Waals surface area contributed by atoms with Crippen molar-refractivity contribution in [1.82, 2.24) is 19.2 Å². The van der Waals surface area contributed by atoms with Crippen LogP contribution in [0.3, 0.4) is 0 Å². The topological polar surface area (TPSA) is 95.7 Å². The van der Waals surface area contributed by atoms with E-state index in [1.807, 2.05) is 30.3 Å². The number of aldehydes is 1. The number of hydrogen-bond acceptors (Lipinski definition) is 6. The Kier molecular flexibility index (Phi) is 7.66. The molecule has 1 aromatic heterocycles. The molecule has 0 N–H and O–H groups in total. The second-order valence-corrected chi connectivity index (χ2v) is 8.34. The first-order chi connectivity index (χ1) is 15.8. The quantitative estimate of drug-likeness (QED) is 0.463. The molecule has 33 heavy (non-hydrogen) atoms. The highest BCUT2D eigenvalue weighted by Gasteiger charge is 2.22. The van der Waals surface area contributed by atoms with Crippen molar-refractivity contribution in [2.75, 3.05) is 19.7 Å². The molecule has 174 valence electrons. The van der Waals surface area contributed by atoms with Crippen LogP contribution in [0.15, 0.2) is 65.7 Å². The Labute approximate surface area is 192 Å². The van der Waals surface area contributed by atoms with Crippen LogP contribution in [0.2, 0.25) is 0 Å². The van der Waals surface area contributed by atoms with Gasteiger partial charge in [0.1, 0.15) is 30.6 Å². The van der Waals surface area contributed by atoms with Gasteiger partial charge >= 0.3 is 11.8 Å². The number of nitrogens with zero attached hydrogens (tertiary/aromatic N) is 4. The third-order valence-corrected chi connectivity index (χ3v) is 4.65. The van der Waals surface area contributed by atoms with Gasteiger partial charge in [-0.1, -0.05) is 18.2 Å². The lowest BCUT2D eigenvalue weighted by molar-refractivity contribution is 0.0217. The van der Waals surface area contributed by atoms with Crippen molar-refractivity contribution in [3.05, 3.63) is 77.0 Å². The third-order valence-electron chi connectivity index (χ3n) is 4.65. The summed E-state index contributed by atoms with van der Waals surface area (Å²) in [4.78, 5) is 37.8. The Morgan fingerprint density at radius 1 is 1.06 bits per heavy atom. The van der Waals surface area contributed by atoms with E-state index in [0.29, 0.717) is 17.0 Å². The van der Waals surface area contributed by atoms with E-state index >= 15 is 0 Å². The predicted molar refractivity (Wildman–Crippen MR) is 123 cm³/mol. The Balaban J connectivity index is 1.67. The third kappa shape index (κ3) is 6.80. The second kappa shape index (κ2) is 10.6. The maximum absolute atomic E-state index is 12.8. The molecule has 0 unspecified atom stereocenters. The lowest BCUT2D eigenvalue weighted by Crippen LogP contribution is -2.41. The summed E-state index contributed by atoms with van der Waals surface area (Å²) >= 11 is 0. The lowest BCUT2D eigenvalue weighted by atomic mass is 10.2. The van der Waals surface area contributed by atoms with Crippen LogP contribution in [0.25, 0.3) is 5.69 Å². The summed E-state index contributed by atoms with van der Waals surface area (Å²) < 4.78 is 13.9. The average molecular weight is 453 g/mol. The maximum Gasteiger partial charge on any atom is 0.410 e. The molecular weight excluding hydrogens is 424 g/mol. The van der Waals surface area contributed by atoms with Crippen LogP contribution in [0.4, 0.5) is 4.79 Å². The van der Waals surface area contributed by atoms with E-state index in [-0.39, 0.29) is 31.9 Å². The molecule has 1 heterocycles. The molecule has 0 saturated carbocycles. The zero-order chi connectivity index (χ0) is 23.8. The van der Waals surface area contributed by atoms with Crippen LogP contribution in [0.1, 0.15) is 31.1 Å². The summed E-state index contributed by atoms with van der Waals surface area (Å²) in [6.07, 6.45) is 1.66. The van der Waals surface area contributed by atoms with Gasteiger partial charge in [-0.15, -0.1) is 0 Å². The van der Waals surface area contributed by atoms with Gasteiger partial charge in [-0.25, -0.2) is 18.8 Å². The molecule has 0 aliphatic carbocycles. The highest BCUT2D eigenvalue weighted by atomic mass is 16.6. The number of carbonyl (C=O) groups excluding carboxylic acids is 2. The highest BCUT2D eigenvalue weighted by Crippen LogP contribution is 2.12. The van der Waals surface area contributed by atoms with Crippen LogP contribution in [-0.4, -0.2) is 56.9 Å². The first-order valence-electron chi connectivity index (χ1n) is 10.6. The van der Waals surface area contributed by atoms with Gasteiger partial charge in [0.15, 0.2) is 0 Å².